The monoisotopic (exact) mass is 161 g/mol. The average molecular weight is 161 g/mol. The van der Waals surface area contributed by atoms with Gasteiger partial charge in [0.15, 0.2) is 0 Å². The van der Waals surface area contributed by atoms with E-state index >= 15 is 0 Å². The summed E-state index contributed by atoms with van der Waals surface area (Å²) in [5.74, 6) is 0. The molecule has 1 radical (unpaired) electrons. The lowest BCUT2D eigenvalue weighted by Gasteiger charge is -2.03. The van der Waals surface area contributed by atoms with Gasteiger partial charge >= 0.3 is 0 Å². The lowest BCUT2D eigenvalue weighted by molar-refractivity contribution is 0.0416. The molecule has 0 saturated heterocycles. The first-order chi connectivity index (χ1) is 5.41. The summed E-state index contributed by atoms with van der Waals surface area (Å²) < 4.78 is 15.1. The third-order valence-corrected chi connectivity index (χ3v) is 1.05. The normalized spacial score (nSPS) is 10.4. The summed E-state index contributed by atoms with van der Waals surface area (Å²) in [5.41, 5.74) is 0. The van der Waals surface area contributed by atoms with Crippen molar-refractivity contribution in [2.45, 2.75) is 13.8 Å². The fourth-order valence-electron chi connectivity index (χ4n) is 0.560. The zero-order chi connectivity index (χ0) is 8.36. The van der Waals surface area contributed by atoms with Crippen LogP contribution in [-0.2, 0) is 14.2 Å². The maximum Gasteiger partial charge on any atom is 0.109 e. The summed E-state index contributed by atoms with van der Waals surface area (Å²) in [6.07, 6.45) is 0. The molecule has 67 valence electrons. The molecule has 0 N–H and O–H groups in total. The third-order valence-electron chi connectivity index (χ3n) is 1.05. The predicted molar refractivity (Wildman–Crippen MR) is 43.2 cm³/mol. The topological polar surface area (TPSA) is 27.7 Å². The van der Waals surface area contributed by atoms with E-state index in [1.165, 1.54) is 0 Å². The highest BCUT2D eigenvalue weighted by atomic mass is 16.5. The smallest absolute Gasteiger partial charge is 0.109 e. The maximum atomic E-state index is 5.13. The summed E-state index contributed by atoms with van der Waals surface area (Å²) in [5, 5.41) is 0. The number of ether oxygens (including phenoxy) is 3. The lowest BCUT2D eigenvalue weighted by atomic mass is 10.7. The van der Waals surface area contributed by atoms with Gasteiger partial charge in [-0.2, -0.15) is 0 Å². The van der Waals surface area contributed by atoms with Crippen molar-refractivity contribution in [3.05, 3.63) is 6.61 Å². The lowest BCUT2D eigenvalue weighted by Crippen LogP contribution is -2.06. The summed E-state index contributed by atoms with van der Waals surface area (Å²) >= 11 is 0. The second-order valence-corrected chi connectivity index (χ2v) is 1.89. The highest BCUT2D eigenvalue weighted by Gasteiger charge is 1.88. The number of hydrogen-bond acceptors (Lipinski definition) is 3. The van der Waals surface area contributed by atoms with Crippen molar-refractivity contribution in [1.82, 2.24) is 0 Å². The van der Waals surface area contributed by atoms with Gasteiger partial charge in [-0.3, -0.25) is 0 Å². The highest BCUT2D eigenvalue weighted by molar-refractivity contribution is 4.45. The van der Waals surface area contributed by atoms with Gasteiger partial charge in [0.2, 0.25) is 0 Å². The molecule has 3 nitrogen and oxygen atoms in total. The van der Waals surface area contributed by atoms with Crippen LogP contribution in [0.2, 0.25) is 0 Å². The van der Waals surface area contributed by atoms with Crippen molar-refractivity contribution in [3.8, 4) is 0 Å². The predicted octanol–water partition coefficient (Wildman–Crippen LogP) is 1.24. The summed E-state index contributed by atoms with van der Waals surface area (Å²) in [7, 11) is 0. The largest absolute Gasteiger partial charge is 0.379 e. The first-order valence-electron chi connectivity index (χ1n) is 4.00. The van der Waals surface area contributed by atoms with E-state index < -0.39 is 0 Å². The average Bonchev–Trinajstić information content (AvgIpc) is 2.03. The van der Waals surface area contributed by atoms with Crippen molar-refractivity contribution >= 4 is 0 Å². The van der Waals surface area contributed by atoms with Crippen molar-refractivity contribution < 1.29 is 14.2 Å². The van der Waals surface area contributed by atoms with Gasteiger partial charge in [-0.25, -0.2) is 0 Å². The molecule has 0 aliphatic rings. The Morgan fingerprint density at radius 1 is 1.00 bits per heavy atom. The maximum absolute atomic E-state index is 5.13. The Morgan fingerprint density at radius 2 is 1.73 bits per heavy atom. The molecule has 0 aromatic carbocycles. The van der Waals surface area contributed by atoms with Crippen molar-refractivity contribution in [2.75, 3.05) is 33.0 Å². The molecule has 0 unspecified atom stereocenters. The molecular formula is C8H17O3. The van der Waals surface area contributed by atoms with E-state index in [1.54, 1.807) is 6.61 Å². The molecule has 0 aliphatic carbocycles. The molecule has 0 fully saturated rings. The minimum Gasteiger partial charge on any atom is -0.379 e. The van der Waals surface area contributed by atoms with E-state index in [0.29, 0.717) is 26.4 Å². The fourth-order valence-corrected chi connectivity index (χ4v) is 0.560. The van der Waals surface area contributed by atoms with Gasteiger partial charge in [-0.1, -0.05) is 0 Å². The fraction of sp³-hybridized carbons (Fsp3) is 0.875. The van der Waals surface area contributed by atoms with Crippen LogP contribution in [0.25, 0.3) is 0 Å². The van der Waals surface area contributed by atoms with Crippen LogP contribution < -0.4 is 0 Å². The summed E-state index contributed by atoms with van der Waals surface area (Å²) in [6.45, 7) is 8.86. The second-order valence-electron chi connectivity index (χ2n) is 1.89. The molecular weight excluding hydrogens is 144 g/mol. The molecule has 0 aromatic heterocycles. The van der Waals surface area contributed by atoms with E-state index in [1.807, 2.05) is 13.8 Å². The molecule has 0 aromatic rings. The quantitative estimate of drug-likeness (QED) is 0.501. The molecule has 0 bridgehead atoms. The minimum absolute atomic E-state index is 0.543. The molecule has 0 saturated carbocycles. The van der Waals surface area contributed by atoms with Crippen LogP contribution >= 0.6 is 0 Å². The van der Waals surface area contributed by atoms with E-state index in [0.717, 1.165) is 6.61 Å². The molecule has 3 heteroatoms. The van der Waals surface area contributed by atoms with Crippen molar-refractivity contribution in [3.63, 3.8) is 0 Å². The number of rotatable bonds is 8. The Hall–Kier alpha value is -0.120. The first-order valence-corrected chi connectivity index (χ1v) is 4.00. The Morgan fingerprint density at radius 3 is 2.36 bits per heavy atom. The van der Waals surface area contributed by atoms with E-state index in [9.17, 15) is 0 Å². The Bertz CT molecular complexity index is 58.4. The summed E-state index contributed by atoms with van der Waals surface area (Å²) in [6, 6.07) is 0. The Balaban J connectivity index is 2.69. The van der Waals surface area contributed by atoms with Gasteiger partial charge in [0.1, 0.15) is 6.61 Å². The van der Waals surface area contributed by atoms with Gasteiger partial charge in [0.05, 0.1) is 19.8 Å². The minimum atomic E-state index is 0.543. The summed E-state index contributed by atoms with van der Waals surface area (Å²) in [4.78, 5) is 0. The first kappa shape index (κ1) is 10.9. The van der Waals surface area contributed by atoms with Crippen LogP contribution in [0.5, 0.6) is 0 Å². The second kappa shape index (κ2) is 9.88. The van der Waals surface area contributed by atoms with E-state index in [2.05, 4.69) is 0 Å². The van der Waals surface area contributed by atoms with Crippen LogP contribution in [0.15, 0.2) is 0 Å². The zero-order valence-corrected chi connectivity index (χ0v) is 7.34. The van der Waals surface area contributed by atoms with Gasteiger partial charge in [0, 0.05) is 13.2 Å². The Labute approximate surface area is 68.6 Å². The van der Waals surface area contributed by atoms with Gasteiger partial charge in [-0.05, 0) is 13.8 Å². The molecule has 11 heavy (non-hydrogen) atoms. The molecule has 0 aliphatic heterocycles. The van der Waals surface area contributed by atoms with Gasteiger partial charge < -0.3 is 14.2 Å². The van der Waals surface area contributed by atoms with E-state index in [-0.39, 0.29) is 0 Å². The van der Waals surface area contributed by atoms with Crippen LogP contribution in [0, 0.1) is 6.61 Å². The SMILES string of the molecule is CCO[CH]COCCOCC. The standard InChI is InChI=1S/C8H17O3/c1-3-9-5-7-11-8-6-10-4-2/h5H,3-4,6-8H2,1-2H3. The Kier molecular flexibility index (Phi) is 9.77. The zero-order valence-electron chi connectivity index (χ0n) is 7.34. The molecule has 0 rings (SSSR count). The van der Waals surface area contributed by atoms with E-state index in [4.69, 9.17) is 14.2 Å². The van der Waals surface area contributed by atoms with Gasteiger partial charge in [-0.15, -0.1) is 0 Å². The van der Waals surface area contributed by atoms with Crippen molar-refractivity contribution in [1.29, 1.82) is 0 Å². The molecule has 0 amide bonds. The number of hydrogen-bond donors (Lipinski definition) is 0. The molecule has 0 heterocycles. The highest BCUT2D eigenvalue weighted by Crippen LogP contribution is 1.84. The van der Waals surface area contributed by atoms with Crippen LogP contribution in [0.4, 0.5) is 0 Å². The third kappa shape index (κ3) is 9.88. The van der Waals surface area contributed by atoms with Crippen LogP contribution in [-0.4, -0.2) is 33.0 Å². The molecule has 0 spiro atoms. The van der Waals surface area contributed by atoms with Gasteiger partial charge in [0.25, 0.3) is 0 Å². The van der Waals surface area contributed by atoms with Crippen molar-refractivity contribution in [2.24, 2.45) is 0 Å². The molecule has 0 atom stereocenters. The van der Waals surface area contributed by atoms with Crippen LogP contribution in [0.3, 0.4) is 0 Å². The van der Waals surface area contributed by atoms with Crippen LogP contribution in [0.1, 0.15) is 13.8 Å².